The molecule has 0 radical (unpaired) electrons. The average molecular weight is 306 g/mol. The molecule has 1 N–H and O–H groups in total. The second-order valence-corrected chi connectivity index (χ2v) is 6.04. The Balaban J connectivity index is 1.59. The van der Waals surface area contributed by atoms with Crippen LogP contribution < -0.4 is 5.32 Å². The number of hydrogen-bond donors (Lipinski definition) is 1. The van der Waals surface area contributed by atoms with E-state index in [1.165, 1.54) is 30.3 Å². The molecular formula is C14H12ClN3OS. The molecular weight excluding hydrogens is 294 g/mol. The predicted octanol–water partition coefficient (Wildman–Crippen LogP) is 3.72. The fourth-order valence-electron chi connectivity index (χ4n) is 1.67. The molecule has 1 aliphatic rings. The Bertz CT molecular complexity index is 647. The molecule has 0 aliphatic heterocycles. The van der Waals surface area contributed by atoms with E-state index in [0.29, 0.717) is 16.1 Å². The Morgan fingerprint density at radius 1 is 1.30 bits per heavy atom. The number of carbonyl (C=O) groups excluding carboxylic acids is 1. The smallest absolute Gasteiger partial charge is 0.250 e. The third-order valence-electron chi connectivity index (χ3n) is 2.89. The number of rotatable bonds is 4. The number of anilines is 1. The summed E-state index contributed by atoms with van der Waals surface area (Å²) >= 11 is 7.25. The van der Waals surface area contributed by atoms with Gasteiger partial charge in [0.1, 0.15) is 5.01 Å². The molecule has 0 atom stereocenters. The summed E-state index contributed by atoms with van der Waals surface area (Å²) in [5.41, 5.74) is 0.917. The van der Waals surface area contributed by atoms with Crippen LogP contribution in [0.2, 0.25) is 5.02 Å². The second-order valence-electron chi connectivity index (χ2n) is 4.59. The highest BCUT2D eigenvalue weighted by Gasteiger charge is 2.27. The zero-order valence-electron chi connectivity index (χ0n) is 10.5. The summed E-state index contributed by atoms with van der Waals surface area (Å²) in [4.78, 5) is 11.8. The molecule has 1 aromatic carbocycles. The summed E-state index contributed by atoms with van der Waals surface area (Å²) in [5, 5.41) is 13.0. The number of halogens is 1. The monoisotopic (exact) mass is 305 g/mol. The van der Waals surface area contributed by atoms with Gasteiger partial charge in [-0.3, -0.25) is 10.1 Å². The van der Waals surface area contributed by atoms with Gasteiger partial charge in [0.05, 0.1) is 0 Å². The molecule has 1 saturated carbocycles. The maximum atomic E-state index is 11.8. The first-order valence-electron chi connectivity index (χ1n) is 6.29. The van der Waals surface area contributed by atoms with E-state index in [2.05, 4.69) is 15.5 Å². The van der Waals surface area contributed by atoms with Crippen molar-refractivity contribution in [1.82, 2.24) is 10.2 Å². The first-order chi connectivity index (χ1) is 9.70. The van der Waals surface area contributed by atoms with Crippen molar-refractivity contribution in [2.24, 2.45) is 0 Å². The average Bonchev–Trinajstić information content (AvgIpc) is 3.19. The molecule has 2 aromatic rings. The molecule has 6 heteroatoms. The van der Waals surface area contributed by atoms with Gasteiger partial charge in [0.2, 0.25) is 11.0 Å². The maximum absolute atomic E-state index is 11.8. The topological polar surface area (TPSA) is 54.9 Å². The third-order valence-corrected chi connectivity index (χ3v) is 4.15. The Labute approximate surface area is 125 Å². The number of nitrogens with one attached hydrogen (secondary N) is 1. The summed E-state index contributed by atoms with van der Waals surface area (Å²) in [5.74, 6) is 0.348. The number of nitrogens with zero attached hydrogens (tertiary/aromatic N) is 2. The Kier molecular flexibility index (Phi) is 3.80. The lowest BCUT2D eigenvalue weighted by Gasteiger charge is -1.95. The minimum Gasteiger partial charge on any atom is -0.297 e. The van der Waals surface area contributed by atoms with Gasteiger partial charge in [-0.15, -0.1) is 10.2 Å². The molecule has 1 aromatic heterocycles. The second kappa shape index (κ2) is 5.73. The van der Waals surface area contributed by atoms with Crippen LogP contribution in [0.25, 0.3) is 6.08 Å². The van der Waals surface area contributed by atoms with Crippen LogP contribution >= 0.6 is 22.9 Å². The van der Waals surface area contributed by atoms with Crippen molar-refractivity contribution >= 4 is 40.1 Å². The first-order valence-corrected chi connectivity index (χ1v) is 7.48. The van der Waals surface area contributed by atoms with Crippen LogP contribution in [0.5, 0.6) is 0 Å². The number of carbonyl (C=O) groups is 1. The normalized spacial score (nSPS) is 14.7. The standard InChI is InChI=1S/C14H12ClN3OS/c15-11-6-1-9(2-7-11)3-8-12(19)16-14-18-17-13(20-14)10-4-5-10/h1-3,6-8,10H,4-5H2,(H,16,18,19). The van der Waals surface area contributed by atoms with E-state index >= 15 is 0 Å². The van der Waals surface area contributed by atoms with Crippen LogP contribution in [-0.4, -0.2) is 16.1 Å². The van der Waals surface area contributed by atoms with Crippen molar-refractivity contribution in [1.29, 1.82) is 0 Å². The van der Waals surface area contributed by atoms with Crippen molar-refractivity contribution in [2.75, 3.05) is 5.32 Å². The van der Waals surface area contributed by atoms with E-state index in [4.69, 9.17) is 11.6 Å². The lowest BCUT2D eigenvalue weighted by atomic mass is 10.2. The van der Waals surface area contributed by atoms with Crippen LogP contribution in [0.1, 0.15) is 29.3 Å². The lowest BCUT2D eigenvalue weighted by molar-refractivity contribution is -0.111. The van der Waals surface area contributed by atoms with Gasteiger partial charge >= 0.3 is 0 Å². The minimum atomic E-state index is -0.210. The molecule has 1 aliphatic carbocycles. The van der Waals surface area contributed by atoms with E-state index in [0.717, 1.165) is 10.6 Å². The molecule has 20 heavy (non-hydrogen) atoms. The van der Waals surface area contributed by atoms with Crippen LogP contribution in [0.3, 0.4) is 0 Å². The van der Waals surface area contributed by atoms with Gasteiger partial charge in [0.15, 0.2) is 0 Å². The van der Waals surface area contributed by atoms with Crippen molar-refractivity contribution in [3.8, 4) is 0 Å². The summed E-state index contributed by atoms with van der Waals surface area (Å²) in [6.45, 7) is 0. The number of amides is 1. The minimum absolute atomic E-state index is 0.210. The largest absolute Gasteiger partial charge is 0.297 e. The van der Waals surface area contributed by atoms with Crippen LogP contribution in [-0.2, 0) is 4.79 Å². The van der Waals surface area contributed by atoms with Crippen LogP contribution in [0.4, 0.5) is 5.13 Å². The highest BCUT2D eigenvalue weighted by Crippen LogP contribution is 2.41. The van der Waals surface area contributed by atoms with Gasteiger partial charge in [-0.05, 0) is 36.6 Å². The zero-order valence-corrected chi connectivity index (χ0v) is 12.1. The molecule has 1 amide bonds. The van der Waals surface area contributed by atoms with Crippen LogP contribution in [0, 0.1) is 0 Å². The van der Waals surface area contributed by atoms with E-state index in [-0.39, 0.29) is 5.91 Å². The Morgan fingerprint density at radius 3 is 2.75 bits per heavy atom. The van der Waals surface area contributed by atoms with Gasteiger partial charge in [0, 0.05) is 17.0 Å². The summed E-state index contributed by atoms with van der Waals surface area (Å²) in [7, 11) is 0. The summed E-state index contributed by atoms with van der Waals surface area (Å²) in [6.07, 6.45) is 5.56. The maximum Gasteiger partial charge on any atom is 0.250 e. The molecule has 0 spiro atoms. The van der Waals surface area contributed by atoms with E-state index in [1.54, 1.807) is 18.2 Å². The van der Waals surface area contributed by atoms with E-state index in [9.17, 15) is 4.79 Å². The van der Waals surface area contributed by atoms with Crippen molar-refractivity contribution in [2.45, 2.75) is 18.8 Å². The first kappa shape index (κ1) is 13.3. The number of aromatic nitrogens is 2. The van der Waals surface area contributed by atoms with E-state index < -0.39 is 0 Å². The van der Waals surface area contributed by atoms with Crippen molar-refractivity contribution in [3.63, 3.8) is 0 Å². The van der Waals surface area contributed by atoms with Gasteiger partial charge in [-0.1, -0.05) is 35.1 Å². The van der Waals surface area contributed by atoms with Gasteiger partial charge in [-0.25, -0.2) is 0 Å². The molecule has 3 rings (SSSR count). The van der Waals surface area contributed by atoms with Gasteiger partial charge in [0.25, 0.3) is 0 Å². The predicted molar refractivity (Wildman–Crippen MR) is 81.0 cm³/mol. The quantitative estimate of drug-likeness (QED) is 0.876. The molecule has 0 bridgehead atoms. The molecule has 0 saturated heterocycles. The Hall–Kier alpha value is -1.72. The zero-order chi connectivity index (χ0) is 13.9. The van der Waals surface area contributed by atoms with Gasteiger partial charge in [-0.2, -0.15) is 0 Å². The van der Waals surface area contributed by atoms with Crippen LogP contribution in [0.15, 0.2) is 30.3 Å². The summed E-state index contributed by atoms with van der Waals surface area (Å²) in [6, 6.07) is 7.27. The Morgan fingerprint density at radius 2 is 2.05 bits per heavy atom. The molecule has 0 unspecified atom stereocenters. The fourth-order valence-corrected chi connectivity index (χ4v) is 2.71. The van der Waals surface area contributed by atoms with Gasteiger partial charge < -0.3 is 0 Å². The highest BCUT2D eigenvalue weighted by atomic mass is 35.5. The third kappa shape index (κ3) is 3.43. The summed E-state index contributed by atoms with van der Waals surface area (Å²) < 4.78 is 0. The SMILES string of the molecule is O=C(C=Cc1ccc(Cl)cc1)Nc1nnc(C2CC2)s1. The van der Waals surface area contributed by atoms with Crippen molar-refractivity contribution < 1.29 is 4.79 Å². The van der Waals surface area contributed by atoms with Crippen molar-refractivity contribution in [3.05, 3.63) is 45.9 Å². The molecule has 1 fully saturated rings. The molecule has 1 heterocycles. The fraction of sp³-hybridized carbons (Fsp3) is 0.214. The molecule has 102 valence electrons. The number of hydrogen-bond acceptors (Lipinski definition) is 4. The number of benzene rings is 1. The lowest BCUT2D eigenvalue weighted by Crippen LogP contribution is -2.07. The molecule has 4 nitrogen and oxygen atoms in total. The highest BCUT2D eigenvalue weighted by molar-refractivity contribution is 7.15. The van der Waals surface area contributed by atoms with E-state index in [1.807, 2.05) is 12.1 Å².